The van der Waals surface area contributed by atoms with Crippen LogP contribution in [0.5, 0.6) is 0 Å². The monoisotopic (exact) mass is 355 g/mol. The van der Waals surface area contributed by atoms with Crippen molar-refractivity contribution >= 4 is 28.9 Å². The lowest BCUT2D eigenvalue weighted by Gasteiger charge is -2.30. The molecule has 0 amide bonds. The fraction of sp³-hybridized carbons (Fsp3) is 0.333. The Morgan fingerprint density at radius 3 is 1.57 bits per heavy atom. The van der Waals surface area contributed by atoms with Gasteiger partial charge in [-0.15, -0.1) is 0 Å². The van der Waals surface area contributed by atoms with Gasteiger partial charge in [0.25, 0.3) is 0 Å². The molecule has 0 N–H and O–H groups in total. The van der Waals surface area contributed by atoms with Crippen molar-refractivity contribution < 1.29 is 30.7 Å². The van der Waals surface area contributed by atoms with Crippen LogP contribution in [0.4, 0.5) is 36.4 Å². The van der Waals surface area contributed by atoms with E-state index in [2.05, 4.69) is 10.0 Å². The third-order valence-corrected chi connectivity index (χ3v) is 2.92. The Kier molecular flexibility index (Phi) is 4.57. The van der Waals surface area contributed by atoms with Gasteiger partial charge in [0.2, 0.25) is 0 Å². The lowest BCUT2D eigenvalue weighted by Crippen LogP contribution is -2.50. The van der Waals surface area contributed by atoms with E-state index in [0.29, 0.717) is 0 Å². The maximum atomic E-state index is 13.7. The van der Waals surface area contributed by atoms with Crippen LogP contribution in [0.25, 0.3) is 10.4 Å². The summed E-state index contributed by atoms with van der Waals surface area (Å²) in [6.07, 6.45) is -12.6. The number of hydrogen-bond donors (Lipinski definition) is 0. The fourth-order valence-electron chi connectivity index (χ4n) is 1.39. The van der Waals surface area contributed by atoms with Crippen molar-refractivity contribution in [3.8, 4) is 0 Å². The Morgan fingerprint density at radius 2 is 1.29 bits per heavy atom. The molecular weight excluding hydrogens is 354 g/mol. The van der Waals surface area contributed by atoms with E-state index in [0.717, 1.165) is 0 Å². The molecule has 3 nitrogen and oxygen atoms in total. The molecule has 0 fully saturated rings. The van der Waals surface area contributed by atoms with Crippen LogP contribution in [0, 0.1) is 0 Å². The second-order valence-corrected chi connectivity index (χ2v) is 4.45. The molecule has 0 aliphatic heterocycles. The molecule has 1 aromatic rings. The average molecular weight is 356 g/mol. The number of alkyl halides is 7. The molecule has 0 saturated carbocycles. The van der Waals surface area contributed by atoms with Crippen molar-refractivity contribution in [2.24, 2.45) is 5.11 Å². The number of benzene rings is 1. The molecule has 0 aliphatic carbocycles. The molecule has 0 unspecified atom stereocenters. The summed E-state index contributed by atoms with van der Waals surface area (Å²) < 4.78 is 89.0. The van der Waals surface area contributed by atoms with Crippen LogP contribution in [0.3, 0.4) is 0 Å². The van der Waals surface area contributed by atoms with Crippen molar-refractivity contribution in [3.05, 3.63) is 38.2 Å². The number of hydrogen-bond acceptors (Lipinski definition) is 1. The third kappa shape index (κ3) is 2.97. The van der Waals surface area contributed by atoms with Crippen LogP contribution in [0.2, 0.25) is 10.0 Å². The maximum Gasteiger partial charge on any atom is 0.435 e. The molecule has 1 rings (SSSR count). The first-order valence-electron chi connectivity index (χ1n) is 4.73. The number of rotatable bonds is 2. The molecule has 0 heterocycles. The number of azide groups is 1. The summed E-state index contributed by atoms with van der Waals surface area (Å²) in [6.45, 7) is 0. The van der Waals surface area contributed by atoms with E-state index in [1.54, 1.807) is 0 Å². The van der Waals surface area contributed by atoms with Crippen molar-refractivity contribution in [1.29, 1.82) is 0 Å². The van der Waals surface area contributed by atoms with Crippen LogP contribution >= 0.6 is 23.2 Å². The smallest absolute Gasteiger partial charge is 0.218 e. The maximum absolute atomic E-state index is 13.7. The highest BCUT2D eigenvalue weighted by Crippen LogP contribution is 2.54. The predicted molar refractivity (Wildman–Crippen MR) is 60.2 cm³/mol. The van der Waals surface area contributed by atoms with Gasteiger partial charge in [-0.2, -0.15) is 26.3 Å². The lowest BCUT2D eigenvalue weighted by atomic mass is 9.94. The highest BCUT2D eigenvalue weighted by atomic mass is 35.5. The van der Waals surface area contributed by atoms with Gasteiger partial charge >= 0.3 is 18.0 Å². The minimum atomic E-state index is -6.29. The Balaban J connectivity index is 3.67. The van der Waals surface area contributed by atoms with Crippen LogP contribution in [0.15, 0.2) is 17.2 Å². The Labute approximate surface area is 121 Å². The van der Waals surface area contributed by atoms with Crippen LogP contribution < -0.4 is 0 Å². The molecule has 0 radical (unpaired) electrons. The zero-order chi connectivity index (χ0) is 16.6. The van der Waals surface area contributed by atoms with Crippen molar-refractivity contribution in [1.82, 2.24) is 0 Å². The number of halogens is 9. The first-order chi connectivity index (χ1) is 9.36. The molecule has 1 aromatic carbocycles. The van der Waals surface area contributed by atoms with E-state index >= 15 is 0 Å². The van der Waals surface area contributed by atoms with Crippen LogP contribution in [-0.2, 0) is 5.67 Å². The summed E-state index contributed by atoms with van der Waals surface area (Å²) in [5.41, 5.74) is 0.0179. The van der Waals surface area contributed by atoms with E-state index in [1.807, 2.05) is 0 Å². The normalized spacial score (nSPS) is 13.0. The van der Waals surface area contributed by atoms with Crippen molar-refractivity contribution in [2.45, 2.75) is 18.0 Å². The summed E-state index contributed by atoms with van der Waals surface area (Å²) in [5.74, 6) is 0. The Hall–Kier alpha value is -1.38. The minimum absolute atomic E-state index is 0.0540. The van der Waals surface area contributed by atoms with Gasteiger partial charge in [-0.1, -0.05) is 28.3 Å². The van der Waals surface area contributed by atoms with E-state index < -0.39 is 39.3 Å². The van der Waals surface area contributed by atoms with Crippen molar-refractivity contribution in [2.75, 3.05) is 0 Å². The SMILES string of the molecule is [N-]=[N+]=Nc1c(Cl)cc(C(F)(C(F)(F)F)C(F)(F)F)cc1Cl. The lowest BCUT2D eigenvalue weighted by molar-refractivity contribution is -0.348. The summed E-state index contributed by atoms with van der Waals surface area (Å²) in [7, 11) is 0. The quantitative estimate of drug-likeness (QED) is 0.261. The first kappa shape index (κ1) is 17.7. The van der Waals surface area contributed by atoms with Gasteiger partial charge in [0.1, 0.15) is 0 Å². The molecule has 0 spiro atoms. The van der Waals surface area contributed by atoms with Gasteiger partial charge in [0.05, 0.1) is 15.7 Å². The highest BCUT2D eigenvalue weighted by Gasteiger charge is 2.73. The van der Waals surface area contributed by atoms with Gasteiger partial charge in [0.15, 0.2) is 0 Å². The molecule has 0 aromatic heterocycles. The largest absolute Gasteiger partial charge is 0.435 e. The predicted octanol–water partition coefficient (Wildman–Crippen LogP) is 6.22. The fourth-order valence-corrected chi connectivity index (χ4v) is 1.96. The molecule has 12 heteroatoms. The summed E-state index contributed by atoms with van der Waals surface area (Å²) in [6, 6.07) is 0.108. The molecule has 0 bridgehead atoms. The third-order valence-electron chi connectivity index (χ3n) is 2.34. The first-order valence-corrected chi connectivity index (χ1v) is 5.49. The highest BCUT2D eigenvalue weighted by molar-refractivity contribution is 6.38. The molecule has 0 atom stereocenters. The van der Waals surface area contributed by atoms with Gasteiger partial charge in [-0.25, -0.2) is 4.39 Å². The van der Waals surface area contributed by atoms with E-state index in [1.165, 1.54) is 0 Å². The van der Waals surface area contributed by atoms with E-state index in [-0.39, 0.29) is 12.1 Å². The van der Waals surface area contributed by atoms with E-state index in [4.69, 9.17) is 28.7 Å². The Morgan fingerprint density at radius 1 is 0.905 bits per heavy atom. The van der Waals surface area contributed by atoms with Gasteiger partial charge < -0.3 is 0 Å². The van der Waals surface area contributed by atoms with Crippen molar-refractivity contribution in [3.63, 3.8) is 0 Å². The average Bonchev–Trinajstić information content (AvgIpc) is 2.29. The van der Waals surface area contributed by atoms with Gasteiger partial charge in [-0.05, 0) is 17.7 Å². The van der Waals surface area contributed by atoms with Gasteiger partial charge in [-0.3, -0.25) is 0 Å². The zero-order valence-electron chi connectivity index (χ0n) is 9.40. The molecular formula is C9H2Cl2F7N3. The van der Waals surface area contributed by atoms with Gasteiger partial charge in [0, 0.05) is 10.5 Å². The van der Waals surface area contributed by atoms with Crippen LogP contribution in [0.1, 0.15) is 5.56 Å². The second kappa shape index (κ2) is 5.43. The van der Waals surface area contributed by atoms with Crippen LogP contribution in [-0.4, -0.2) is 12.4 Å². The molecule has 0 aliphatic rings. The molecule has 21 heavy (non-hydrogen) atoms. The summed E-state index contributed by atoms with van der Waals surface area (Å²) >= 11 is 10.7. The summed E-state index contributed by atoms with van der Waals surface area (Å²) in [4.78, 5) is 2.23. The standard InChI is InChI=1S/C9H2Cl2F7N3/c10-4-1-3(2-5(11)6(4)20-21-19)7(12,8(13,14)15)9(16,17)18/h1-2H. The molecule has 116 valence electrons. The minimum Gasteiger partial charge on any atom is -0.218 e. The van der Waals surface area contributed by atoms with E-state index in [9.17, 15) is 30.7 Å². The second-order valence-electron chi connectivity index (χ2n) is 3.63. The zero-order valence-corrected chi connectivity index (χ0v) is 10.9. The number of nitrogens with zero attached hydrogens (tertiary/aromatic N) is 3. The molecule has 0 saturated heterocycles. The summed E-state index contributed by atoms with van der Waals surface area (Å²) in [5, 5.41) is 1.17. The topological polar surface area (TPSA) is 48.8 Å². The Bertz CT molecular complexity index is 567.